The molecule has 2 N–H and O–H groups in total. The van der Waals surface area contributed by atoms with E-state index < -0.39 is 12.0 Å². The van der Waals surface area contributed by atoms with Crippen molar-refractivity contribution in [1.82, 2.24) is 5.32 Å². The highest BCUT2D eigenvalue weighted by Gasteiger charge is 2.21. The molecule has 0 aliphatic heterocycles. The summed E-state index contributed by atoms with van der Waals surface area (Å²) in [6.45, 7) is 0. The monoisotopic (exact) mass is 307 g/mol. The van der Waals surface area contributed by atoms with Gasteiger partial charge in [-0.05, 0) is 36.5 Å². The summed E-state index contributed by atoms with van der Waals surface area (Å²) in [6.07, 6.45) is 5.92. The van der Waals surface area contributed by atoms with Gasteiger partial charge in [-0.15, -0.1) is 0 Å². The Morgan fingerprint density at radius 2 is 1.82 bits per heavy atom. The lowest BCUT2D eigenvalue weighted by Crippen LogP contribution is -2.31. The molecule has 22 heavy (non-hydrogen) atoms. The number of carbonyl (C=O) groups excluding carboxylic acids is 1. The Kier molecular flexibility index (Phi) is 5.92. The molecule has 1 atom stereocenters. The number of nitrogens with one attached hydrogen (secondary N) is 1. The molecule has 1 saturated carbocycles. The summed E-state index contributed by atoms with van der Waals surface area (Å²) in [7, 11) is 0. The van der Waals surface area contributed by atoms with Crippen LogP contribution in [0.2, 0.25) is 0 Å². The molecule has 1 unspecified atom stereocenters. The molecule has 1 aliphatic rings. The van der Waals surface area contributed by atoms with Crippen LogP contribution in [-0.2, 0) is 9.59 Å². The van der Waals surface area contributed by atoms with Gasteiger partial charge < -0.3 is 10.4 Å². The fourth-order valence-corrected chi connectivity index (χ4v) is 3.03. The van der Waals surface area contributed by atoms with E-state index in [4.69, 9.17) is 5.11 Å². The molecule has 4 nitrogen and oxygen atoms in total. The summed E-state index contributed by atoms with van der Waals surface area (Å²) in [5, 5.41) is 11.8. The van der Waals surface area contributed by atoms with Gasteiger partial charge in [-0.3, -0.25) is 9.59 Å². The third kappa shape index (κ3) is 5.13. The minimum absolute atomic E-state index is 0.123. The molecule has 1 amide bonds. The second kappa shape index (κ2) is 7.92. The maximum Gasteiger partial charge on any atom is 0.305 e. The predicted molar refractivity (Wildman–Crippen MR) is 80.7 cm³/mol. The summed E-state index contributed by atoms with van der Waals surface area (Å²) >= 11 is 0. The van der Waals surface area contributed by atoms with Crippen molar-refractivity contribution in [2.75, 3.05) is 0 Å². The first kappa shape index (κ1) is 16.5. The normalized spacial score (nSPS) is 17.0. The number of carbonyl (C=O) groups is 2. The second-order valence-electron chi connectivity index (χ2n) is 5.98. The number of carboxylic acids is 1. The quantitative estimate of drug-likeness (QED) is 0.846. The van der Waals surface area contributed by atoms with Crippen LogP contribution < -0.4 is 5.32 Å². The van der Waals surface area contributed by atoms with E-state index in [2.05, 4.69) is 5.32 Å². The fourth-order valence-electron chi connectivity index (χ4n) is 3.03. The molecule has 1 aromatic carbocycles. The standard InChI is InChI=1S/C17H22FNO3/c18-14-8-6-13(7-9-14)15(11-17(21)22)19-16(20)10-12-4-2-1-3-5-12/h6-9,12,15H,1-5,10-11H2,(H,19,20)(H,21,22). The number of benzene rings is 1. The van der Waals surface area contributed by atoms with Crippen LogP contribution in [-0.4, -0.2) is 17.0 Å². The molecule has 1 fully saturated rings. The van der Waals surface area contributed by atoms with E-state index in [9.17, 15) is 14.0 Å². The molecule has 120 valence electrons. The Balaban J connectivity index is 1.97. The third-order valence-corrected chi connectivity index (χ3v) is 4.19. The number of hydrogen-bond donors (Lipinski definition) is 2. The molecule has 0 aromatic heterocycles. The van der Waals surface area contributed by atoms with Gasteiger partial charge in [0.1, 0.15) is 5.82 Å². The Morgan fingerprint density at radius 3 is 2.41 bits per heavy atom. The Bertz CT molecular complexity index is 509. The van der Waals surface area contributed by atoms with Gasteiger partial charge in [0.15, 0.2) is 0 Å². The van der Waals surface area contributed by atoms with Crippen molar-refractivity contribution in [3.8, 4) is 0 Å². The minimum Gasteiger partial charge on any atom is -0.481 e. The molecule has 1 aliphatic carbocycles. The molecule has 2 rings (SSSR count). The summed E-state index contributed by atoms with van der Waals surface area (Å²) in [5.41, 5.74) is 0.612. The van der Waals surface area contributed by atoms with Crippen LogP contribution in [0.5, 0.6) is 0 Å². The maximum absolute atomic E-state index is 13.0. The fraction of sp³-hybridized carbons (Fsp3) is 0.529. The van der Waals surface area contributed by atoms with Crippen LogP contribution in [0.25, 0.3) is 0 Å². The van der Waals surface area contributed by atoms with Crippen molar-refractivity contribution < 1.29 is 19.1 Å². The Hall–Kier alpha value is -1.91. The first-order valence-electron chi connectivity index (χ1n) is 7.81. The van der Waals surface area contributed by atoms with E-state index in [1.54, 1.807) is 0 Å². The number of rotatable bonds is 6. The molecule has 5 heteroatoms. The van der Waals surface area contributed by atoms with Crippen LogP contribution in [0.4, 0.5) is 4.39 Å². The van der Waals surface area contributed by atoms with Crippen molar-refractivity contribution in [2.24, 2.45) is 5.92 Å². The summed E-state index contributed by atoms with van der Waals surface area (Å²) in [4.78, 5) is 23.2. The SMILES string of the molecule is O=C(O)CC(NC(=O)CC1CCCCC1)c1ccc(F)cc1. The Morgan fingerprint density at radius 1 is 1.18 bits per heavy atom. The zero-order valence-electron chi connectivity index (χ0n) is 12.6. The minimum atomic E-state index is -0.993. The summed E-state index contributed by atoms with van der Waals surface area (Å²) in [6, 6.07) is 4.97. The second-order valence-corrected chi connectivity index (χ2v) is 5.98. The highest BCUT2D eigenvalue weighted by molar-refractivity contribution is 5.78. The van der Waals surface area contributed by atoms with Crippen LogP contribution in [0.1, 0.15) is 56.6 Å². The van der Waals surface area contributed by atoms with Gasteiger partial charge in [-0.25, -0.2) is 4.39 Å². The number of halogens is 1. The molecule has 0 heterocycles. The van der Waals surface area contributed by atoms with Gasteiger partial charge >= 0.3 is 5.97 Å². The molecule has 1 aromatic rings. The number of amides is 1. The van der Waals surface area contributed by atoms with E-state index in [1.165, 1.54) is 30.7 Å². The van der Waals surface area contributed by atoms with E-state index >= 15 is 0 Å². The van der Waals surface area contributed by atoms with Crippen molar-refractivity contribution in [1.29, 1.82) is 0 Å². The molecular formula is C17H22FNO3. The van der Waals surface area contributed by atoms with Crippen molar-refractivity contribution in [3.63, 3.8) is 0 Å². The number of carboxylic acid groups (broad SMARTS) is 1. The highest BCUT2D eigenvalue weighted by Crippen LogP contribution is 2.27. The van der Waals surface area contributed by atoms with Crippen LogP contribution in [0, 0.1) is 11.7 Å². The van der Waals surface area contributed by atoms with Gasteiger partial charge in [0, 0.05) is 6.42 Å². The molecular weight excluding hydrogens is 285 g/mol. The van der Waals surface area contributed by atoms with Gasteiger partial charge in [0.25, 0.3) is 0 Å². The average Bonchev–Trinajstić information content (AvgIpc) is 2.48. The van der Waals surface area contributed by atoms with Crippen LogP contribution >= 0.6 is 0 Å². The maximum atomic E-state index is 13.0. The van der Waals surface area contributed by atoms with Crippen LogP contribution in [0.15, 0.2) is 24.3 Å². The predicted octanol–water partition coefficient (Wildman–Crippen LogP) is 3.43. The smallest absolute Gasteiger partial charge is 0.305 e. The summed E-state index contributed by atoms with van der Waals surface area (Å²) < 4.78 is 13.0. The van der Waals surface area contributed by atoms with Gasteiger partial charge in [0.05, 0.1) is 12.5 Å². The first-order chi connectivity index (χ1) is 10.5. The van der Waals surface area contributed by atoms with Gasteiger partial charge in [-0.1, -0.05) is 31.4 Å². The van der Waals surface area contributed by atoms with Gasteiger partial charge in [-0.2, -0.15) is 0 Å². The average molecular weight is 307 g/mol. The molecule has 0 bridgehead atoms. The third-order valence-electron chi connectivity index (χ3n) is 4.19. The number of hydrogen-bond acceptors (Lipinski definition) is 2. The number of aliphatic carboxylic acids is 1. The topological polar surface area (TPSA) is 66.4 Å². The summed E-state index contributed by atoms with van der Waals surface area (Å²) in [5.74, 6) is -1.10. The van der Waals surface area contributed by atoms with Crippen molar-refractivity contribution >= 4 is 11.9 Å². The Labute approximate surface area is 129 Å². The zero-order chi connectivity index (χ0) is 15.9. The van der Waals surface area contributed by atoms with E-state index in [1.807, 2.05) is 0 Å². The van der Waals surface area contributed by atoms with E-state index in [0.717, 1.165) is 25.7 Å². The lowest BCUT2D eigenvalue weighted by Gasteiger charge is -2.23. The molecule has 0 spiro atoms. The van der Waals surface area contributed by atoms with Crippen molar-refractivity contribution in [2.45, 2.75) is 51.0 Å². The van der Waals surface area contributed by atoms with Gasteiger partial charge in [0.2, 0.25) is 5.91 Å². The first-order valence-corrected chi connectivity index (χ1v) is 7.81. The largest absolute Gasteiger partial charge is 0.481 e. The molecule has 0 saturated heterocycles. The zero-order valence-corrected chi connectivity index (χ0v) is 12.6. The van der Waals surface area contributed by atoms with Crippen LogP contribution in [0.3, 0.4) is 0 Å². The highest BCUT2D eigenvalue weighted by atomic mass is 19.1. The van der Waals surface area contributed by atoms with Crippen molar-refractivity contribution in [3.05, 3.63) is 35.6 Å². The van der Waals surface area contributed by atoms with E-state index in [-0.39, 0.29) is 18.1 Å². The lowest BCUT2D eigenvalue weighted by molar-refractivity contribution is -0.137. The lowest BCUT2D eigenvalue weighted by atomic mass is 9.86. The molecule has 0 radical (unpaired) electrons. The van der Waals surface area contributed by atoms with E-state index in [0.29, 0.717) is 17.9 Å².